The standard InChI is InChI=1S/C13H15ClOSi/c1-16(2,3)9-8-12-13(15-12)10-4-6-11(14)7-5-10/h4-7,12-13H,1-3H3/t12-,13+/m0/s1. The molecule has 1 aliphatic rings. The Labute approximate surface area is 103 Å². The first-order chi connectivity index (χ1) is 7.46. The maximum Gasteiger partial charge on any atom is 0.148 e. The van der Waals surface area contributed by atoms with Gasteiger partial charge in [-0.1, -0.05) is 49.3 Å². The monoisotopic (exact) mass is 250 g/mol. The van der Waals surface area contributed by atoms with E-state index in [-0.39, 0.29) is 12.2 Å². The lowest BCUT2D eigenvalue weighted by atomic mass is 10.1. The van der Waals surface area contributed by atoms with Crippen molar-refractivity contribution in [3.63, 3.8) is 0 Å². The average molecular weight is 251 g/mol. The predicted molar refractivity (Wildman–Crippen MR) is 70.2 cm³/mol. The Balaban J connectivity index is 2.01. The van der Waals surface area contributed by atoms with Gasteiger partial charge in [0, 0.05) is 5.02 Å². The lowest BCUT2D eigenvalue weighted by molar-refractivity contribution is 0.397. The fraction of sp³-hybridized carbons (Fsp3) is 0.385. The third kappa shape index (κ3) is 3.12. The molecule has 0 aliphatic carbocycles. The average Bonchev–Trinajstić information content (AvgIpc) is 2.94. The molecule has 1 aromatic carbocycles. The number of hydrogen-bond donors (Lipinski definition) is 0. The van der Waals surface area contributed by atoms with Crippen molar-refractivity contribution in [3.8, 4) is 11.5 Å². The van der Waals surface area contributed by atoms with Gasteiger partial charge in [-0.3, -0.25) is 0 Å². The molecule has 3 heteroatoms. The van der Waals surface area contributed by atoms with Crippen LogP contribution in [0.15, 0.2) is 24.3 Å². The molecule has 2 rings (SSSR count). The van der Waals surface area contributed by atoms with Crippen molar-refractivity contribution in [2.45, 2.75) is 31.8 Å². The molecule has 1 nitrogen and oxygen atoms in total. The highest BCUT2D eigenvalue weighted by Crippen LogP contribution is 2.38. The van der Waals surface area contributed by atoms with Gasteiger partial charge in [-0.25, -0.2) is 0 Å². The molecule has 2 atom stereocenters. The maximum absolute atomic E-state index is 5.83. The smallest absolute Gasteiger partial charge is 0.148 e. The van der Waals surface area contributed by atoms with Gasteiger partial charge in [0.25, 0.3) is 0 Å². The van der Waals surface area contributed by atoms with Gasteiger partial charge in [0.05, 0.1) is 0 Å². The zero-order chi connectivity index (χ0) is 11.8. The van der Waals surface area contributed by atoms with E-state index >= 15 is 0 Å². The van der Waals surface area contributed by atoms with Crippen LogP contribution in [0, 0.1) is 11.5 Å². The summed E-state index contributed by atoms with van der Waals surface area (Å²) in [5.74, 6) is 3.22. The summed E-state index contributed by atoms with van der Waals surface area (Å²) in [6.07, 6.45) is 0.244. The molecule has 1 saturated heterocycles. The summed E-state index contributed by atoms with van der Waals surface area (Å²) >= 11 is 5.83. The van der Waals surface area contributed by atoms with E-state index in [1.165, 1.54) is 5.56 Å². The molecule has 0 saturated carbocycles. The number of hydrogen-bond acceptors (Lipinski definition) is 1. The van der Waals surface area contributed by atoms with Gasteiger partial charge < -0.3 is 4.74 Å². The zero-order valence-corrected chi connectivity index (χ0v) is 11.5. The first kappa shape index (κ1) is 11.7. The minimum atomic E-state index is -1.28. The number of benzene rings is 1. The van der Waals surface area contributed by atoms with Crippen molar-refractivity contribution in [2.24, 2.45) is 0 Å². The Bertz CT molecular complexity index is 436. The molecule has 0 unspecified atom stereocenters. The van der Waals surface area contributed by atoms with Gasteiger partial charge in [-0.2, -0.15) is 0 Å². The summed E-state index contributed by atoms with van der Waals surface area (Å²) in [5.41, 5.74) is 4.50. The van der Waals surface area contributed by atoms with E-state index in [4.69, 9.17) is 16.3 Å². The van der Waals surface area contributed by atoms with Crippen molar-refractivity contribution in [1.82, 2.24) is 0 Å². The van der Waals surface area contributed by atoms with Crippen LogP contribution in [0.2, 0.25) is 24.7 Å². The highest BCUT2D eigenvalue weighted by atomic mass is 35.5. The Morgan fingerprint density at radius 1 is 1.19 bits per heavy atom. The second-order valence-electron chi connectivity index (χ2n) is 5.05. The molecule has 0 N–H and O–H groups in total. The highest BCUT2D eigenvalue weighted by molar-refractivity contribution is 6.83. The first-order valence-corrected chi connectivity index (χ1v) is 9.27. The number of rotatable bonds is 1. The second-order valence-corrected chi connectivity index (χ2v) is 10.2. The van der Waals surface area contributed by atoms with Crippen LogP contribution < -0.4 is 0 Å². The lowest BCUT2D eigenvalue weighted by Crippen LogP contribution is -2.16. The van der Waals surface area contributed by atoms with Gasteiger partial charge >= 0.3 is 0 Å². The zero-order valence-electron chi connectivity index (χ0n) is 9.75. The molecule has 1 fully saturated rings. The van der Waals surface area contributed by atoms with E-state index in [1.807, 2.05) is 24.3 Å². The Kier molecular flexibility index (Phi) is 3.12. The lowest BCUT2D eigenvalue weighted by Gasteiger charge is -2.02. The van der Waals surface area contributed by atoms with Crippen LogP contribution in [0.3, 0.4) is 0 Å². The van der Waals surface area contributed by atoms with E-state index in [2.05, 4.69) is 31.1 Å². The summed E-state index contributed by atoms with van der Waals surface area (Å²) in [4.78, 5) is 0. The molecular weight excluding hydrogens is 236 g/mol. The van der Waals surface area contributed by atoms with Crippen LogP contribution in [0.4, 0.5) is 0 Å². The van der Waals surface area contributed by atoms with Crippen molar-refractivity contribution in [3.05, 3.63) is 34.9 Å². The van der Waals surface area contributed by atoms with Crippen LogP contribution in [-0.2, 0) is 4.74 Å². The molecule has 1 aromatic rings. The van der Waals surface area contributed by atoms with E-state index in [1.54, 1.807) is 0 Å². The van der Waals surface area contributed by atoms with Crippen LogP contribution in [0.1, 0.15) is 11.7 Å². The van der Waals surface area contributed by atoms with E-state index in [0.717, 1.165) is 5.02 Å². The second kappa shape index (κ2) is 4.25. The summed E-state index contributed by atoms with van der Waals surface area (Å²) < 4.78 is 5.54. The molecule has 0 bridgehead atoms. The Morgan fingerprint density at radius 3 is 2.38 bits per heavy atom. The van der Waals surface area contributed by atoms with E-state index in [0.29, 0.717) is 0 Å². The minimum Gasteiger partial charge on any atom is -0.351 e. The van der Waals surface area contributed by atoms with Crippen LogP contribution >= 0.6 is 11.6 Å². The third-order valence-electron chi connectivity index (χ3n) is 2.28. The molecule has 1 aliphatic heterocycles. The number of epoxide rings is 1. The van der Waals surface area contributed by atoms with Crippen LogP contribution in [-0.4, -0.2) is 14.2 Å². The van der Waals surface area contributed by atoms with Gasteiger partial charge in [-0.05, 0) is 17.7 Å². The Hall–Kier alpha value is -0.753. The molecule has 0 spiro atoms. The molecule has 0 radical (unpaired) electrons. The van der Waals surface area contributed by atoms with Gasteiger partial charge in [0.1, 0.15) is 20.3 Å². The summed E-state index contributed by atoms with van der Waals surface area (Å²) in [7, 11) is -1.28. The fourth-order valence-electron chi connectivity index (χ4n) is 1.42. The predicted octanol–water partition coefficient (Wildman–Crippen LogP) is 3.66. The molecule has 0 amide bonds. The van der Waals surface area contributed by atoms with Crippen LogP contribution in [0.5, 0.6) is 0 Å². The minimum absolute atomic E-state index is 0.0906. The first-order valence-electron chi connectivity index (χ1n) is 5.39. The molecule has 1 heterocycles. The molecular formula is C13H15ClOSi. The number of halogens is 1. The Morgan fingerprint density at radius 2 is 1.81 bits per heavy atom. The highest BCUT2D eigenvalue weighted by Gasteiger charge is 2.38. The fourth-order valence-corrected chi connectivity index (χ4v) is 2.12. The van der Waals surface area contributed by atoms with E-state index < -0.39 is 8.07 Å². The van der Waals surface area contributed by atoms with Gasteiger partial charge in [0.2, 0.25) is 0 Å². The van der Waals surface area contributed by atoms with Gasteiger partial charge in [-0.15, -0.1) is 5.54 Å². The van der Waals surface area contributed by atoms with Crippen molar-refractivity contribution in [1.29, 1.82) is 0 Å². The molecule has 84 valence electrons. The quantitative estimate of drug-likeness (QED) is 0.421. The van der Waals surface area contributed by atoms with Crippen molar-refractivity contribution < 1.29 is 4.74 Å². The molecule has 0 aromatic heterocycles. The normalized spacial score (nSPS) is 23.5. The van der Waals surface area contributed by atoms with Gasteiger partial charge in [0.15, 0.2) is 0 Å². The van der Waals surface area contributed by atoms with E-state index in [9.17, 15) is 0 Å². The summed E-state index contributed by atoms with van der Waals surface area (Å²) in [5, 5.41) is 0.758. The maximum atomic E-state index is 5.83. The van der Waals surface area contributed by atoms with Crippen molar-refractivity contribution >= 4 is 19.7 Å². The summed E-state index contributed by atoms with van der Waals surface area (Å²) in [6.45, 7) is 6.71. The summed E-state index contributed by atoms with van der Waals surface area (Å²) in [6, 6.07) is 7.79. The molecule has 16 heavy (non-hydrogen) atoms. The van der Waals surface area contributed by atoms with Crippen LogP contribution in [0.25, 0.3) is 0 Å². The number of ether oxygens (including phenoxy) is 1. The largest absolute Gasteiger partial charge is 0.351 e. The topological polar surface area (TPSA) is 12.5 Å². The third-order valence-corrected chi connectivity index (χ3v) is 3.43. The van der Waals surface area contributed by atoms with Crippen molar-refractivity contribution in [2.75, 3.05) is 0 Å². The SMILES string of the molecule is C[Si](C)(C)C#C[C@@H]1O[C@@H]1c1ccc(Cl)cc1.